The summed E-state index contributed by atoms with van der Waals surface area (Å²) in [4.78, 5) is 1.92. The number of hydrogen-bond acceptors (Lipinski definition) is 5. The number of aromatic nitrogens is 1. The Morgan fingerprint density at radius 1 is 0.733 bits per heavy atom. The first-order valence-corrected chi connectivity index (χ1v) is 9.90. The number of nitrogens with zero attached hydrogens (tertiary/aromatic N) is 4. The van der Waals surface area contributed by atoms with Gasteiger partial charge in [0.25, 0.3) is 0 Å². The molecule has 0 saturated heterocycles. The molecule has 0 aliphatic heterocycles. The summed E-state index contributed by atoms with van der Waals surface area (Å²) in [5, 5.41) is 26.9. The van der Waals surface area contributed by atoms with E-state index in [0.717, 1.165) is 28.2 Å². The van der Waals surface area contributed by atoms with Crippen LogP contribution in [0.5, 0.6) is 0 Å². The van der Waals surface area contributed by atoms with Crippen LogP contribution < -0.4 is 9.47 Å². The van der Waals surface area contributed by atoms with Crippen LogP contribution in [0, 0.1) is 0 Å². The van der Waals surface area contributed by atoms with E-state index in [1.807, 2.05) is 77.4 Å². The van der Waals surface area contributed by atoms with Gasteiger partial charge in [0.05, 0.1) is 24.6 Å². The van der Waals surface area contributed by atoms with Gasteiger partial charge in [-0.2, -0.15) is 10.2 Å². The highest BCUT2D eigenvalue weighted by atomic mass is 16.3. The quantitative estimate of drug-likeness (QED) is 0.421. The summed E-state index contributed by atoms with van der Waals surface area (Å²) in [6.07, 6.45) is 8.19. The van der Waals surface area contributed by atoms with Crippen LogP contribution in [0.25, 0.3) is 12.2 Å². The summed E-state index contributed by atoms with van der Waals surface area (Å²) in [6, 6.07) is 19.6. The number of benzene rings is 2. The number of azo groups is 1. The molecule has 0 radical (unpaired) electrons. The molecule has 1 heterocycles. The van der Waals surface area contributed by atoms with Crippen LogP contribution in [0.4, 0.5) is 17.1 Å². The van der Waals surface area contributed by atoms with Gasteiger partial charge in [0, 0.05) is 30.9 Å². The monoisotopic (exact) mass is 403 g/mol. The zero-order valence-corrected chi connectivity index (χ0v) is 17.1. The van der Waals surface area contributed by atoms with Gasteiger partial charge >= 0.3 is 0 Å². The third-order valence-electron chi connectivity index (χ3n) is 4.60. The van der Waals surface area contributed by atoms with E-state index in [1.165, 1.54) is 0 Å². The molecule has 0 unspecified atom stereocenters. The van der Waals surface area contributed by atoms with Crippen molar-refractivity contribution in [1.29, 1.82) is 0 Å². The number of aliphatic hydroxyl groups is 2. The lowest BCUT2D eigenvalue weighted by Gasteiger charge is -2.22. The van der Waals surface area contributed by atoms with Crippen molar-refractivity contribution in [3.05, 3.63) is 84.2 Å². The van der Waals surface area contributed by atoms with Gasteiger partial charge in [-0.15, -0.1) is 0 Å². The Morgan fingerprint density at radius 3 is 1.70 bits per heavy atom. The summed E-state index contributed by atoms with van der Waals surface area (Å²) < 4.78 is 2.00. The van der Waals surface area contributed by atoms with Gasteiger partial charge in [-0.05, 0) is 47.5 Å². The predicted octanol–water partition coefficient (Wildman–Crippen LogP) is 3.89. The molecule has 6 nitrogen and oxygen atoms in total. The minimum absolute atomic E-state index is 0.0384. The molecule has 2 aromatic carbocycles. The lowest BCUT2D eigenvalue weighted by Crippen LogP contribution is -2.29. The predicted molar refractivity (Wildman–Crippen MR) is 120 cm³/mol. The fourth-order valence-electron chi connectivity index (χ4n) is 2.93. The van der Waals surface area contributed by atoms with E-state index in [4.69, 9.17) is 10.2 Å². The van der Waals surface area contributed by atoms with Gasteiger partial charge in [-0.1, -0.05) is 24.3 Å². The van der Waals surface area contributed by atoms with Crippen molar-refractivity contribution in [2.45, 2.75) is 0 Å². The SMILES string of the molecule is C[n+]1ccc(/C=C/c2ccc(N=Nc3ccc(N(CCO)CCO)cc3)cc2)cc1. The maximum atomic E-state index is 9.15. The molecule has 0 atom stereocenters. The molecule has 6 heteroatoms. The smallest absolute Gasteiger partial charge is 0.169 e. The second-order valence-electron chi connectivity index (χ2n) is 6.87. The minimum atomic E-state index is 0.0384. The lowest BCUT2D eigenvalue weighted by atomic mass is 10.1. The second kappa shape index (κ2) is 11.0. The van der Waals surface area contributed by atoms with Gasteiger partial charge in [0.2, 0.25) is 0 Å². The molecule has 0 fully saturated rings. The van der Waals surface area contributed by atoms with Crippen molar-refractivity contribution >= 4 is 29.2 Å². The first-order chi connectivity index (χ1) is 14.7. The van der Waals surface area contributed by atoms with E-state index < -0.39 is 0 Å². The van der Waals surface area contributed by atoms with E-state index in [-0.39, 0.29) is 13.2 Å². The summed E-state index contributed by atoms with van der Waals surface area (Å²) in [7, 11) is 2.00. The second-order valence-corrected chi connectivity index (χ2v) is 6.87. The molecule has 154 valence electrons. The maximum Gasteiger partial charge on any atom is 0.169 e. The van der Waals surface area contributed by atoms with Gasteiger partial charge in [-0.25, -0.2) is 4.57 Å². The van der Waals surface area contributed by atoms with Crippen molar-refractivity contribution in [3.8, 4) is 0 Å². The van der Waals surface area contributed by atoms with Gasteiger partial charge in [0.15, 0.2) is 12.4 Å². The molecule has 0 saturated carbocycles. The van der Waals surface area contributed by atoms with E-state index in [1.54, 1.807) is 0 Å². The number of aliphatic hydroxyl groups excluding tert-OH is 2. The van der Waals surface area contributed by atoms with Crippen molar-refractivity contribution < 1.29 is 14.8 Å². The summed E-state index contributed by atoms with van der Waals surface area (Å²) in [5.41, 5.74) is 4.70. The number of hydrogen-bond donors (Lipinski definition) is 2. The van der Waals surface area contributed by atoms with Crippen LogP contribution in [0.15, 0.2) is 83.3 Å². The zero-order chi connectivity index (χ0) is 21.2. The highest BCUT2D eigenvalue weighted by molar-refractivity contribution is 5.69. The lowest BCUT2D eigenvalue weighted by molar-refractivity contribution is -0.671. The number of anilines is 1. The van der Waals surface area contributed by atoms with E-state index in [9.17, 15) is 0 Å². The van der Waals surface area contributed by atoms with Crippen molar-refractivity contribution in [1.82, 2.24) is 0 Å². The Labute approximate surface area is 177 Å². The molecule has 3 aromatic rings. The molecule has 2 N–H and O–H groups in total. The van der Waals surface area contributed by atoms with Crippen LogP contribution in [-0.4, -0.2) is 36.5 Å². The van der Waals surface area contributed by atoms with E-state index >= 15 is 0 Å². The van der Waals surface area contributed by atoms with Crippen LogP contribution >= 0.6 is 0 Å². The van der Waals surface area contributed by atoms with Crippen LogP contribution in [0.1, 0.15) is 11.1 Å². The van der Waals surface area contributed by atoms with Crippen LogP contribution in [0.3, 0.4) is 0 Å². The van der Waals surface area contributed by atoms with Gasteiger partial charge < -0.3 is 15.1 Å². The van der Waals surface area contributed by atoms with Crippen molar-refractivity contribution in [2.24, 2.45) is 17.3 Å². The van der Waals surface area contributed by atoms with Gasteiger partial charge in [0.1, 0.15) is 7.05 Å². The van der Waals surface area contributed by atoms with Crippen LogP contribution in [0.2, 0.25) is 0 Å². The number of rotatable bonds is 9. The van der Waals surface area contributed by atoms with Crippen LogP contribution in [-0.2, 0) is 7.05 Å². The third-order valence-corrected chi connectivity index (χ3v) is 4.60. The topological polar surface area (TPSA) is 72.3 Å². The fourth-order valence-corrected chi connectivity index (χ4v) is 2.93. The normalized spacial score (nSPS) is 11.4. The maximum absolute atomic E-state index is 9.15. The van der Waals surface area contributed by atoms with Crippen molar-refractivity contribution in [3.63, 3.8) is 0 Å². The average Bonchev–Trinajstić information content (AvgIpc) is 2.78. The molecule has 30 heavy (non-hydrogen) atoms. The Bertz CT molecular complexity index is 960. The zero-order valence-electron chi connectivity index (χ0n) is 17.1. The Morgan fingerprint density at radius 2 is 1.20 bits per heavy atom. The fraction of sp³-hybridized carbons (Fsp3) is 0.208. The molecule has 0 bridgehead atoms. The summed E-state index contributed by atoms with van der Waals surface area (Å²) in [6.45, 7) is 1.03. The Kier molecular flexibility index (Phi) is 7.83. The molecule has 0 aliphatic rings. The van der Waals surface area contributed by atoms with E-state index in [0.29, 0.717) is 13.1 Å². The molecular formula is C24H27N4O2+. The molecule has 3 rings (SSSR count). The number of aryl methyl sites for hydroxylation is 1. The molecule has 1 aromatic heterocycles. The third kappa shape index (κ3) is 6.34. The minimum Gasteiger partial charge on any atom is -0.395 e. The standard InChI is InChI=1S/C24H27N4O2/c1-27-14-12-21(13-15-27)3-2-20-4-6-22(7-5-20)25-26-23-8-10-24(11-9-23)28(16-18-29)17-19-30/h2-15,29-30H,16-19H2,1H3/q+1. The Hall–Kier alpha value is -3.35. The molecule has 0 aliphatic carbocycles. The van der Waals surface area contributed by atoms with Gasteiger partial charge in [-0.3, -0.25) is 0 Å². The molecular weight excluding hydrogens is 376 g/mol. The first kappa shape index (κ1) is 21.4. The van der Waals surface area contributed by atoms with Crippen molar-refractivity contribution in [2.75, 3.05) is 31.2 Å². The Balaban J connectivity index is 1.61. The largest absolute Gasteiger partial charge is 0.395 e. The highest BCUT2D eigenvalue weighted by Crippen LogP contribution is 2.22. The average molecular weight is 404 g/mol. The van der Waals surface area contributed by atoms with E-state index in [2.05, 4.69) is 34.5 Å². The summed E-state index contributed by atoms with van der Waals surface area (Å²) >= 11 is 0. The molecule has 0 spiro atoms. The number of pyridine rings is 1. The first-order valence-electron chi connectivity index (χ1n) is 9.90. The summed E-state index contributed by atoms with van der Waals surface area (Å²) in [5.74, 6) is 0. The molecule has 0 amide bonds. The highest BCUT2D eigenvalue weighted by Gasteiger charge is 2.05.